The van der Waals surface area contributed by atoms with E-state index in [1.807, 2.05) is 0 Å². The molecular weight excluding hydrogens is 208 g/mol. The molecule has 0 bridgehead atoms. The molecule has 1 fully saturated rings. The van der Waals surface area contributed by atoms with Gasteiger partial charge in [0.05, 0.1) is 11.9 Å². The summed E-state index contributed by atoms with van der Waals surface area (Å²) in [5.41, 5.74) is 5.99. The van der Waals surface area contributed by atoms with Crippen LogP contribution in [-0.4, -0.2) is 42.2 Å². The number of carbonyl (C=O) groups excluding carboxylic acids is 1. The highest BCUT2D eigenvalue weighted by atomic mass is 16.6. The number of aromatic nitrogens is 1. The molecule has 0 saturated carbocycles. The molecule has 6 heteroatoms. The van der Waals surface area contributed by atoms with Crippen LogP contribution in [0.2, 0.25) is 0 Å². The van der Waals surface area contributed by atoms with Crippen molar-refractivity contribution in [3.8, 4) is 5.75 Å². The Morgan fingerprint density at radius 2 is 2.25 bits per heavy atom. The van der Waals surface area contributed by atoms with E-state index in [0.717, 1.165) is 13.1 Å². The SMILES string of the molecule is Nc1cnccc1OC(=O)N1CCNCC1. The molecule has 2 rings (SSSR count). The molecule has 1 amide bonds. The quantitative estimate of drug-likeness (QED) is 0.702. The van der Waals surface area contributed by atoms with Crippen LogP contribution in [0.15, 0.2) is 18.5 Å². The normalized spacial score (nSPS) is 15.9. The van der Waals surface area contributed by atoms with E-state index in [-0.39, 0.29) is 6.09 Å². The highest BCUT2D eigenvalue weighted by Crippen LogP contribution is 2.19. The van der Waals surface area contributed by atoms with Gasteiger partial charge in [-0.25, -0.2) is 4.79 Å². The van der Waals surface area contributed by atoms with E-state index in [9.17, 15) is 4.79 Å². The molecular formula is C10H14N4O2. The number of nitrogen functional groups attached to an aromatic ring is 1. The van der Waals surface area contributed by atoms with Gasteiger partial charge in [0.25, 0.3) is 0 Å². The summed E-state index contributed by atoms with van der Waals surface area (Å²) in [6.45, 7) is 2.90. The van der Waals surface area contributed by atoms with Crippen molar-refractivity contribution in [2.24, 2.45) is 0 Å². The molecule has 0 aliphatic carbocycles. The lowest BCUT2D eigenvalue weighted by Crippen LogP contribution is -2.47. The average molecular weight is 222 g/mol. The van der Waals surface area contributed by atoms with Crippen LogP contribution in [0.3, 0.4) is 0 Å². The Morgan fingerprint density at radius 3 is 2.94 bits per heavy atom. The number of amides is 1. The second-order valence-electron chi connectivity index (χ2n) is 3.52. The van der Waals surface area contributed by atoms with Crippen molar-refractivity contribution in [2.45, 2.75) is 0 Å². The van der Waals surface area contributed by atoms with Crippen LogP contribution >= 0.6 is 0 Å². The number of piperazine rings is 1. The number of nitrogens with two attached hydrogens (primary N) is 1. The summed E-state index contributed by atoms with van der Waals surface area (Å²) >= 11 is 0. The molecule has 3 N–H and O–H groups in total. The summed E-state index contributed by atoms with van der Waals surface area (Å²) in [6.07, 6.45) is 2.64. The lowest BCUT2D eigenvalue weighted by Gasteiger charge is -2.26. The van der Waals surface area contributed by atoms with E-state index in [1.54, 1.807) is 11.0 Å². The summed E-state index contributed by atoms with van der Waals surface area (Å²) in [5.74, 6) is 0.360. The molecule has 1 aliphatic heterocycles. The largest absolute Gasteiger partial charge is 0.415 e. The molecule has 1 aromatic rings. The molecule has 6 nitrogen and oxygen atoms in total. The zero-order chi connectivity index (χ0) is 11.4. The maximum absolute atomic E-state index is 11.7. The molecule has 0 aromatic carbocycles. The van der Waals surface area contributed by atoms with Gasteiger partial charge in [-0.15, -0.1) is 0 Å². The van der Waals surface area contributed by atoms with Crippen molar-refractivity contribution in [1.29, 1.82) is 0 Å². The Labute approximate surface area is 93.4 Å². The molecule has 0 unspecified atom stereocenters. The van der Waals surface area contributed by atoms with Gasteiger partial charge in [-0.3, -0.25) is 4.98 Å². The van der Waals surface area contributed by atoms with Gasteiger partial charge in [0, 0.05) is 38.4 Å². The molecule has 1 aromatic heterocycles. The Morgan fingerprint density at radius 1 is 1.50 bits per heavy atom. The van der Waals surface area contributed by atoms with Gasteiger partial charge in [-0.2, -0.15) is 0 Å². The van der Waals surface area contributed by atoms with Gasteiger partial charge >= 0.3 is 6.09 Å². The third kappa shape index (κ3) is 2.40. The number of hydrogen-bond acceptors (Lipinski definition) is 5. The molecule has 0 spiro atoms. The second-order valence-corrected chi connectivity index (χ2v) is 3.52. The third-order valence-corrected chi connectivity index (χ3v) is 2.38. The van der Waals surface area contributed by atoms with Crippen molar-refractivity contribution >= 4 is 11.8 Å². The minimum absolute atomic E-state index is 0.360. The van der Waals surface area contributed by atoms with E-state index in [2.05, 4.69) is 10.3 Å². The summed E-state index contributed by atoms with van der Waals surface area (Å²) in [4.78, 5) is 17.2. The molecule has 86 valence electrons. The first-order valence-electron chi connectivity index (χ1n) is 5.14. The summed E-state index contributed by atoms with van der Waals surface area (Å²) in [5, 5.41) is 3.16. The maximum Gasteiger partial charge on any atom is 0.415 e. The number of nitrogens with one attached hydrogen (secondary N) is 1. The van der Waals surface area contributed by atoms with Crippen LogP contribution in [-0.2, 0) is 0 Å². The van der Waals surface area contributed by atoms with Gasteiger partial charge in [0.1, 0.15) is 0 Å². The minimum Gasteiger partial charge on any atom is -0.408 e. The van der Waals surface area contributed by atoms with Crippen molar-refractivity contribution < 1.29 is 9.53 Å². The average Bonchev–Trinajstić information content (AvgIpc) is 2.33. The number of rotatable bonds is 1. The van der Waals surface area contributed by atoms with E-state index in [4.69, 9.17) is 10.5 Å². The fourth-order valence-electron chi connectivity index (χ4n) is 1.49. The Balaban J connectivity index is 1.99. The number of anilines is 1. The van der Waals surface area contributed by atoms with Crippen molar-refractivity contribution in [2.75, 3.05) is 31.9 Å². The highest BCUT2D eigenvalue weighted by Gasteiger charge is 2.18. The first-order valence-corrected chi connectivity index (χ1v) is 5.14. The minimum atomic E-state index is -0.362. The van der Waals surface area contributed by atoms with Gasteiger partial charge in [0.15, 0.2) is 5.75 Å². The summed E-state index contributed by atoms with van der Waals surface area (Å²) in [7, 11) is 0. The van der Waals surface area contributed by atoms with Gasteiger partial charge in [-0.1, -0.05) is 0 Å². The predicted octanol–water partition coefficient (Wildman–Crippen LogP) is 0.0678. The van der Waals surface area contributed by atoms with Crippen molar-refractivity contribution in [3.63, 3.8) is 0 Å². The van der Waals surface area contributed by atoms with E-state index >= 15 is 0 Å². The number of carbonyl (C=O) groups is 1. The van der Waals surface area contributed by atoms with Crippen molar-refractivity contribution in [3.05, 3.63) is 18.5 Å². The molecule has 2 heterocycles. The Bertz CT molecular complexity index is 377. The van der Waals surface area contributed by atoms with Gasteiger partial charge < -0.3 is 20.7 Å². The van der Waals surface area contributed by atoms with Crippen LogP contribution in [0.25, 0.3) is 0 Å². The smallest absolute Gasteiger partial charge is 0.408 e. The zero-order valence-electron chi connectivity index (χ0n) is 8.85. The van der Waals surface area contributed by atoms with Gasteiger partial charge in [0.2, 0.25) is 0 Å². The monoisotopic (exact) mass is 222 g/mol. The fraction of sp³-hybridized carbons (Fsp3) is 0.400. The molecule has 1 saturated heterocycles. The van der Waals surface area contributed by atoms with E-state index < -0.39 is 0 Å². The fourth-order valence-corrected chi connectivity index (χ4v) is 1.49. The van der Waals surface area contributed by atoms with E-state index in [0.29, 0.717) is 24.5 Å². The number of nitrogens with zero attached hydrogens (tertiary/aromatic N) is 2. The standard InChI is InChI=1S/C10H14N4O2/c11-8-7-13-2-1-9(8)16-10(15)14-5-3-12-4-6-14/h1-2,7,12H,3-6,11H2. The number of hydrogen-bond donors (Lipinski definition) is 2. The topological polar surface area (TPSA) is 80.5 Å². The maximum atomic E-state index is 11.7. The third-order valence-electron chi connectivity index (χ3n) is 2.38. The lowest BCUT2D eigenvalue weighted by molar-refractivity contribution is 0.146. The summed E-state index contributed by atoms with van der Waals surface area (Å²) in [6, 6.07) is 1.58. The van der Waals surface area contributed by atoms with Crippen molar-refractivity contribution in [1.82, 2.24) is 15.2 Å². The Hall–Kier alpha value is -1.82. The van der Waals surface area contributed by atoms with E-state index in [1.165, 1.54) is 12.4 Å². The first kappa shape index (κ1) is 10.7. The summed E-state index contributed by atoms with van der Waals surface area (Å²) < 4.78 is 5.18. The Kier molecular flexibility index (Phi) is 3.21. The molecule has 0 atom stereocenters. The number of pyridine rings is 1. The van der Waals surface area contributed by atoms with Gasteiger partial charge in [-0.05, 0) is 0 Å². The van der Waals surface area contributed by atoms with Crippen LogP contribution in [0.5, 0.6) is 5.75 Å². The molecule has 1 aliphatic rings. The van der Waals surface area contributed by atoms with Crippen LogP contribution in [0, 0.1) is 0 Å². The molecule has 0 radical (unpaired) electrons. The second kappa shape index (κ2) is 4.80. The zero-order valence-corrected chi connectivity index (χ0v) is 8.85. The van der Waals surface area contributed by atoms with Crippen LogP contribution < -0.4 is 15.8 Å². The van der Waals surface area contributed by atoms with Crippen LogP contribution in [0.4, 0.5) is 10.5 Å². The first-order chi connectivity index (χ1) is 7.77. The van der Waals surface area contributed by atoms with Crippen LogP contribution in [0.1, 0.15) is 0 Å². The number of ether oxygens (including phenoxy) is 1. The molecule has 16 heavy (non-hydrogen) atoms. The highest BCUT2D eigenvalue weighted by molar-refractivity contribution is 5.72. The predicted molar refractivity (Wildman–Crippen MR) is 59.1 cm³/mol. The lowest BCUT2D eigenvalue weighted by atomic mass is 10.4.